The van der Waals surface area contributed by atoms with Crippen molar-refractivity contribution in [2.24, 2.45) is 5.92 Å². The van der Waals surface area contributed by atoms with Crippen LogP contribution in [0.4, 0.5) is 10.1 Å². The second-order valence-electron chi connectivity index (χ2n) is 6.07. The van der Waals surface area contributed by atoms with Gasteiger partial charge in [-0.3, -0.25) is 9.59 Å². The van der Waals surface area contributed by atoms with E-state index < -0.39 is 0 Å². The van der Waals surface area contributed by atoms with Crippen LogP contribution < -0.4 is 5.32 Å². The van der Waals surface area contributed by atoms with E-state index in [9.17, 15) is 14.0 Å². The van der Waals surface area contributed by atoms with Gasteiger partial charge in [0.25, 0.3) is 0 Å². The lowest BCUT2D eigenvalue weighted by molar-refractivity contribution is -0.144. The van der Waals surface area contributed by atoms with Crippen molar-refractivity contribution >= 4 is 17.6 Å². The van der Waals surface area contributed by atoms with Gasteiger partial charge in [-0.05, 0) is 43.0 Å². The molecule has 0 bridgehead atoms. The van der Waals surface area contributed by atoms with E-state index in [1.54, 1.807) is 0 Å². The van der Waals surface area contributed by atoms with E-state index in [-0.39, 0.29) is 30.7 Å². The molecule has 1 aliphatic carbocycles. The van der Waals surface area contributed by atoms with Gasteiger partial charge in [0.15, 0.2) is 0 Å². The number of benzene rings is 1. The maximum Gasteiger partial charge on any atom is 0.305 e. The summed E-state index contributed by atoms with van der Waals surface area (Å²) in [6.45, 7) is 0.264. The van der Waals surface area contributed by atoms with Gasteiger partial charge in [-0.2, -0.15) is 0 Å². The van der Waals surface area contributed by atoms with Crippen molar-refractivity contribution in [1.82, 2.24) is 0 Å². The highest BCUT2D eigenvalue weighted by Crippen LogP contribution is 2.28. The number of rotatable bonds is 8. The maximum absolute atomic E-state index is 12.7. The number of esters is 1. The Hall–Kier alpha value is -1.91. The normalized spacial score (nSPS) is 14.7. The lowest BCUT2D eigenvalue weighted by Gasteiger charge is -2.09. The summed E-state index contributed by atoms with van der Waals surface area (Å²) in [5.41, 5.74) is 0.560. The number of nitrogens with one attached hydrogen (secondary N) is 1. The van der Waals surface area contributed by atoms with Crippen LogP contribution in [0.1, 0.15) is 51.4 Å². The van der Waals surface area contributed by atoms with Gasteiger partial charge in [-0.1, -0.05) is 25.7 Å². The number of carbonyl (C=O) groups excluding carboxylic acids is 2. The zero-order valence-corrected chi connectivity index (χ0v) is 13.4. The number of amides is 1. The number of hydrogen-bond donors (Lipinski definition) is 1. The van der Waals surface area contributed by atoms with E-state index >= 15 is 0 Å². The van der Waals surface area contributed by atoms with Crippen molar-refractivity contribution in [1.29, 1.82) is 0 Å². The molecule has 1 saturated carbocycles. The minimum Gasteiger partial charge on any atom is -0.466 e. The van der Waals surface area contributed by atoms with Crippen LogP contribution in [0.15, 0.2) is 24.3 Å². The molecule has 1 amide bonds. The maximum atomic E-state index is 12.7. The first kappa shape index (κ1) is 17.4. The zero-order valence-electron chi connectivity index (χ0n) is 13.4. The molecule has 0 heterocycles. The second kappa shape index (κ2) is 9.28. The standard InChI is InChI=1S/C18H24FNO3/c19-15-8-10-16(11-9-15)20-17(21)6-3-13-23-18(22)12-7-14-4-1-2-5-14/h8-11,14H,1-7,12-13H2,(H,20,21). The van der Waals surface area contributed by atoms with Gasteiger partial charge in [0, 0.05) is 18.5 Å². The van der Waals surface area contributed by atoms with Crippen molar-refractivity contribution in [2.45, 2.75) is 51.4 Å². The molecule has 1 aromatic carbocycles. The first-order chi connectivity index (χ1) is 11.1. The number of anilines is 1. The Morgan fingerprint density at radius 3 is 2.52 bits per heavy atom. The third-order valence-corrected chi connectivity index (χ3v) is 4.17. The van der Waals surface area contributed by atoms with Crippen molar-refractivity contribution in [3.05, 3.63) is 30.1 Å². The molecule has 5 heteroatoms. The minimum atomic E-state index is -0.340. The van der Waals surface area contributed by atoms with E-state index in [1.165, 1.54) is 49.9 Å². The molecule has 0 unspecified atom stereocenters. The Balaban J connectivity index is 1.53. The van der Waals surface area contributed by atoms with E-state index in [0.717, 1.165) is 6.42 Å². The number of hydrogen-bond acceptors (Lipinski definition) is 3. The highest BCUT2D eigenvalue weighted by Gasteiger charge is 2.16. The average Bonchev–Trinajstić information content (AvgIpc) is 3.05. The first-order valence-electron chi connectivity index (χ1n) is 8.34. The van der Waals surface area contributed by atoms with Gasteiger partial charge >= 0.3 is 5.97 Å². The molecule has 2 rings (SSSR count). The molecule has 0 atom stereocenters. The van der Waals surface area contributed by atoms with Crippen molar-refractivity contribution in [2.75, 3.05) is 11.9 Å². The van der Waals surface area contributed by atoms with Crippen LogP contribution in [0.5, 0.6) is 0 Å². The lowest BCUT2D eigenvalue weighted by Crippen LogP contribution is -2.13. The molecular weight excluding hydrogens is 297 g/mol. The van der Waals surface area contributed by atoms with Crippen LogP contribution in [0.25, 0.3) is 0 Å². The van der Waals surface area contributed by atoms with E-state index in [0.29, 0.717) is 24.4 Å². The largest absolute Gasteiger partial charge is 0.466 e. The molecular formula is C18H24FNO3. The van der Waals surface area contributed by atoms with Gasteiger partial charge in [-0.15, -0.1) is 0 Å². The third kappa shape index (κ3) is 6.80. The Kier molecular flexibility index (Phi) is 7.04. The van der Waals surface area contributed by atoms with Crippen LogP contribution in [0, 0.1) is 11.7 Å². The van der Waals surface area contributed by atoms with Crippen LogP contribution in [0.3, 0.4) is 0 Å². The van der Waals surface area contributed by atoms with Crippen LogP contribution >= 0.6 is 0 Å². The summed E-state index contributed by atoms with van der Waals surface area (Å²) in [6, 6.07) is 5.61. The molecule has 1 aromatic rings. The van der Waals surface area contributed by atoms with E-state index in [1.807, 2.05) is 0 Å². The number of carbonyl (C=O) groups is 2. The van der Waals surface area contributed by atoms with Crippen LogP contribution in [0.2, 0.25) is 0 Å². The number of halogens is 1. The van der Waals surface area contributed by atoms with Gasteiger partial charge < -0.3 is 10.1 Å². The topological polar surface area (TPSA) is 55.4 Å². The van der Waals surface area contributed by atoms with Gasteiger partial charge in [0.1, 0.15) is 5.82 Å². The molecule has 0 aromatic heterocycles. The Morgan fingerprint density at radius 1 is 1.13 bits per heavy atom. The lowest BCUT2D eigenvalue weighted by atomic mass is 10.0. The van der Waals surface area contributed by atoms with E-state index in [4.69, 9.17) is 4.74 Å². The molecule has 0 saturated heterocycles. The molecule has 0 radical (unpaired) electrons. The smallest absolute Gasteiger partial charge is 0.305 e. The highest BCUT2D eigenvalue weighted by molar-refractivity contribution is 5.90. The molecule has 126 valence electrons. The fraction of sp³-hybridized carbons (Fsp3) is 0.556. The Bertz CT molecular complexity index is 510. The van der Waals surface area contributed by atoms with Crippen molar-refractivity contribution in [3.63, 3.8) is 0 Å². The fourth-order valence-electron chi connectivity index (χ4n) is 2.87. The summed E-state index contributed by atoms with van der Waals surface area (Å²) in [5, 5.41) is 2.67. The Labute approximate surface area is 136 Å². The summed E-state index contributed by atoms with van der Waals surface area (Å²) in [6.07, 6.45) is 7.19. The third-order valence-electron chi connectivity index (χ3n) is 4.17. The molecule has 0 spiro atoms. The van der Waals surface area contributed by atoms with Crippen LogP contribution in [-0.4, -0.2) is 18.5 Å². The SMILES string of the molecule is O=C(CCCOC(=O)CCC1CCCC1)Nc1ccc(F)cc1. The van der Waals surface area contributed by atoms with Crippen molar-refractivity contribution < 1.29 is 18.7 Å². The monoisotopic (exact) mass is 321 g/mol. The molecule has 1 N–H and O–H groups in total. The summed E-state index contributed by atoms with van der Waals surface area (Å²) < 4.78 is 17.9. The predicted octanol–water partition coefficient (Wildman–Crippen LogP) is 4.06. The molecule has 1 fully saturated rings. The quantitative estimate of drug-likeness (QED) is 0.580. The summed E-state index contributed by atoms with van der Waals surface area (Å²) >= 11 is 0. The summed E-state index contributed by atoms with van der Waals surface area (Å²) in [4.78, 5) is 23.3. The number of ether oxygens (including phenoxy) is 1. The zero-order chi connectivity index (χ0) is 16.5. The Morgan fingerprint density at radius 2 is 1.83 bits per heavy atom. The first-order valence-corrected chi connectivity index (χ1v) is 8.34. The molecule has 1 aliphatic rings. The second-order valence-corrected chi connectivity index (χ2v) is 6.07. The fourth-order valence-corrected chi connectivity index (χ4v) is 2.87. The molecule has 4 nitrogen and oxygen atoms in total. The summed E-state index contributed by atoms with van der Waals surface area (Å²) in [7, 11) is 0. The minimum absolute atomic E-state index is 0.168. The predicted molar refractivity (Wildman–Crippen MR) is 86.4 cm³/mol. The molecule has 0 aliphatic heterocycles. The average molecular weight is 321 g/mol. The van der Waals surface area contributed by atoms with Gasteiger partial charge in [0.05, 0.1) is 6.61 Å². The summed E-state index contributed by atoms with van der Waals surface area (Å²) in [5.74, 6) is 0.00556. The highest BCUT2D eigenvalue weighted by atomic mass is 19.1. The van der Waals surface area contributed by atoms with Crippen LogP contribution in [-0.2, 0) is 14.3 Å². The van der Waals surface area contributed by atoms with Gasteiger partial charge in [0.2, 0.25) is 5.91 Å². The van der Waals surface area contributed by atoms with E-state index in [2.05, 4.69) is 5.32 Å². The molecule has 23 heavy (non-hydrogen) atoms. The van der Waals surface area contributed by atoms with Gasteiger partial charge in [-0.25, -0.2) is 4.39 Å². The van der Waals surface area contributed by atoms with Crippen molar-refractivity contribution in [3.8, 4) is 0 Å².